The summed E-state index contributed by atoms with van der Waals surface area (Å²) in [4.78, 5) is 39.6. The number of hydrogen-bond acceptors (Lipinski definition) is 6. The molecule has 8 heteroatoms. The van der Waals surface area contributed by atoms with E-state index >= 15 is 0 Å². The van der Waals surface area contributed by atoms with Crippen molar-refractivity contribution in [2.24, 2.45) is 0 Å². The number of Topliss-reactive ketones (excluding diaryl/α,β-unsaturated/α-hetero) is 1. The molecule has 1 aromatic rings. The van der Waals surface area contributed by atoms with Crippen LogP contribution in [0.25, 0.3) is 0 Å². The zero-order valence-electron chi connectivity index (χ0n) is 11.9. The van der Waals surface area contributed by atoms with Crippen LogP contribution in [0.4, 0.5) is 0 Å². The summed E-state index contributed by atoms with van der Waals surface area (Å²) in [6.45, 7) is 3.65. The number of esters is 1. The largest absolute Gasteiger partial charge is 0.466 e. The van der Waals surface area contributed by atoms with Gasteiger partial charge in [0.1, 0.15) is 11.1 Å². The summed E-state index contributed by atoms with van der Waals surface area (Å²) in [5, 5.41) is 10.1. The van der Waals surface area contributed by atoms with Gasteiger partial charge in [0.05, 0.1) is 11.9 Å². The van der Waals surface area contributed by atoms with Crippen molar-refractivity contribution in [2.75, 3.05) is 6.61 Å². The number of aromatic amines is 2. The summed E-state index contributed by atoms with van der Waals surface area (Å²) in [7, 11) is 0. The molecule has 0 aliphatic carbocycles. The number of thioether (sulfide) groups is 1. The van der Waals surface area contributed by atoms with Gasteiger partial charge in [0.2, 0.25) is 0 Å². The molecule has 21 heavy (non-hydrogen) atoms. The number of carbonyl (C=O) groups is 2. The molecule has 0 aliphatic heterocycles. The third-order valence-electron chi connectivity index (χ3n) is 2.80. The van der Waals surface area contributed by atoms with Crippen molar-refractivity contribution < 1.29 is 14.3 Å². The van der Waals surface area contributed by atoms with Crippen LogP contribution in [0.1, 0.15) is 42.4 Å². The molecule has 0 unspecified atom stereocenters. The van der Waals surface area contributed by atoms with Crippen molar-refractivity contribution in [3.8, 4) is 5.40 Å². The normalized spacial score (nSPS) is 11.7. The average Bonchev–Trinajstić information content (AvgIpc) is 2.76. The summed E-state index contributed by atoms with van der Waals surface area (Å²) in [5.41, 5.74) is 0.172. The van der Waals surface area contributed by atoms with Crippen LogP contribution < -0.4 is 5.69 Å². The number of ether oxygens (including phenoxy) is 1. The molecule has 0 saturated heterocycles. The zero-order chi connectivity index (χ0) is 15.8. The van der Waals surface area contributed by atoms with Crippen LogP contribution in [0, 0.1) is 17.6 Å². The number of aromatic nitrogens is 2. The highest BCUT2D eigenvalue weighted by Crippen LogP contribution is 2.21. The molecule has 1 heterocycles. The maximum absolute atomic E-state index is 12.3. The number of carbonyl (C=O) groups excluding carboxylic acids is 2. The molecule has 0 saturated carbocycles. The van der Waals surface area contributed by atoms with Gasteiger partial charge < -0.3 is 14.7 Å². The first-order chi connectivity index (χ1) is 9.99. The summed E-state index contributed by atoms with van der Waals surface area (Å²) in [6.07, 6.45) is 1.01. The van der Waals surface area contributed by atoms with E-state index in [9.17, 15) is 14.4 Å². The van der Waals surface area contributed by atoms with Gasteiger partial charge in [0.15, 0.2) is 5.78 Å². The number of thiocyanates is 1. The highest BCUT2D eigenvalue weighted by Gasteiger charge is 2.24. The Morgan fingerprint density at radius 1 is 1.43 bits per heavy atom. The quantitative estimate of drug-likeness (QED) is 0.427. The Morgan fingerprint density at radius 2 is 2.14 bits per heavy atom. The highest BCUT2D eigenvalue weighted by atomic mass is 32.2. The second-order valence-electron chi connectivity index (χ2n) is 4.34. The fraction of sp³-hybridized carbons (Fsp3) is 0.538. The first-order valence-corrected chi connectivity index (χ1v) is 7.41. The number of aryl methyl sites for hydroxylation is 1. The van der Waals surface area contributed by atoms with Crippen molar-refractivity contribution in [3.05, 3.63) is 21.9 Å². The lowest BCUT2D eigenvalue weighted by Gasteiger charge is -2.10. The predicted octanol–water partition coefficient (Wildman–Crippen LogP) is 1.51. The fourth-order valence-corrected chi connectivity index (χ4v) is 2.49. The van der Waals surface area contributed by atoms with E-state index in [-0.39, 0.29) is 23.9 Å². The van der Waals surface area contributed by atoms with E-state index in [1.807, 2.05) is 5.40 Å². The first-order valence-electron chi connectivity index (χ1n) is 6.53. The number of nitriles is 1. The lowest BCUT2D eigenvalue weighted by Crippen LogP contribution is -2.19. The van der Waals surface area contributed by atoms with Crippen molar-refractivity contribution in [1.82, 2.24) is 9.97 Å². The molecule has 0 spiro atoms. The Balaban J connectivity index is 2.67. The number of ketones is 1. The van der Waals surface area contributed by atoms with E-state index in [2.05, 4.69) is 9.97 Å². The van der Waals surface area contributed by atoms with Crippen LogP contribution in [0.3, 0.4) is 0 Å². The number of nitrogens with one attached hydrogen (secondary N) is 2. The predicted molar refractivity (Wildman–Crippen MR) is 78.0 cm³/mol. The van der Waals surface area contributed by atoms with Gasteiger partial charge in [-0.15, -0.1) is 0 Å². The number of hydrogen-bond donors (Lipinski definition) is 2. The summed E-state index contributed by atoms with van der Waals surface area (Å²) in [5.74, 6) is -0.641. The maximum Gasteiger partial charge on any atom is 0.323 e. The van der Waals surface area contributed by atoms with Crippen LogP contribution in [0.5, 0.6) is 0 Å². The molecule has 0 bridgehead atoms. The average molecular weight is 311 g/mol. The monoisotopic (exact) mass is 311 g/mol. The number of imidazole rings is 1. The molecule has 1 rings (SSSR count). The van der Waals surface area contributed by atoms with Crippen molar-refractivity contribution in [3.63, 3.8) is 0 Å². The van der Waals surface area contributed by atoms with E-state index in [0.29, 0.717) is 25.1 Å². The van der Waals surface area contributed by atoms with E-state index in [1.54, 1.807) is 13.8 Å². The van der Waals surface area contributed by atoms with Crippen molar-refractivity contribution in [1.29, 1.82) is 5.26 Å². The Kier molecular flexibility index (Phi) is 6.75. The fourth-order valence-electron chi connectivity index (χ4n) is 1.85. The van der Waals surface area contributed by atoms with Gasteiger partial charge in [0.25, 0.3) is 0 Å². The van der Waals surface area contributed by atoms with Crippen LogP contribution in [-0.4, -0.2) is 33.6 Å². The Bertz CT molecular complexity index is 599. The second kappa shape index (κ2) is 8.32. The highest BCUT2D eigenvalue weighted by molar-refractivity contribution is 8.05. The van der Waals surface area contributed by atoms with E-state index in [0.717, 1.165) is 11.8 Å². The lowest BCUT2D eigenvalue weighted by molar-refractivity contribution is -0.143. The van der Waals surface area contributed by atoms with E-state index < -0.39 is 10.9 Å². The first kappa shape index (κ1) is 17.0. The Labute approximate surface area is 126 Å². The van der Waals surface area contributed by atoms with Gasteiger partial charge in [-0.05, 0) is 38.5 Å². The molecule has 0 fully saturated rings. The minimum Gasteiger partial charge on any atom is -0.466 e. The molecule has 0 aliphatic rings. The molecule has 1 aromatic heterocycles. The van der Waals surface area contributed by atoms with Crippen LogP contribution in [0.15, 0.2) is 4.79 Å². The molecule has 0 amide bonds. The van der Waals surface area contributed by atoms with E-state index in [4.69, 9.17) is 10.00 Å². The molecule has 7 nitrogen and oxygen atoms in total. The molecule has 0 aromatic carbocycles. The smallest absolute Gasteiger partial charge is 0.323 e. The van der Waals surface area contributed by atoms with Crippen molar-refractivity contribution >= 4 is 23.5 Å². The topological polar surface area (TPSA) is 116 Å². The minimum atomic E-state index is -0.616. The summed E-state index contributed by atoms with van der Waals surface area (Å²) in [6, 6.07) is 0. The van der Waals surface area contributed by atoms with Gasteiger partial charge in [-0.2, -0.15) is 5.26 Å². The van der Waals surface area contributed by atoms with E-state index in [1.165, 1.54) is 0 Å². The molecule has 0 radical (unpaired) electrons. The summed E-state index contributed by atoms with van der Waals surface area (Å²) >= 11 is 0.830. The molecule has 1 atom stereocenters. The summed E-state index contributed by atoms with van der Waals surface area (Å²) < 4.78 is 4.80. The second-order valence-corrected chi connectivity index (χ2v) is 5.33. The SMILES string of the molecule is CCOC(=O)CCC[C@H](SC#N)C(=O)c1[nH]c(=O)[nH]c1C. The molecular formula is C13H17N3O4S. The Hall–Kier alpha value is -2.01. The molecular weight excluding hydrogens is 294 g/mol. The minimum absolute atomic E-state index is 0.184. The van der Waals surface area contributed by atoms with Crippen LogP contribution >= 0.6 is 11.8 Å². The van der Waals surface area contributed by atoms with Crippen molar-refractivity contribution in [2.45, 2.75) is 38.4 Å². The van der Waals surface area contributed by atoms with Gasteiger partial charge in [-0.3, -0.25) is 9.59 Å². The zero-order valence-corrected chi connectivity index (χ0v) is 12.7. The van der Waals surface area contributed by atoms with Gasteiger partial charge in [0, 0.05) is 12.1 Å². The number of rotatable bonds is 8. The van der Waals surface area contributed by atoms with Gasteiger partial charge >= 0.3 is 11.7 Å². The van der Waals surface area contributed by atoms with Gasteiger partial charge in [-0.25, -0.2) is 4.79 Å². The number of H-pyrrole nitrogens is 2. The number of nitrogens with zero attached hydrogens (tertiary/aromatic N) is 1. The van der Waals surface area contributed by atoms with Gasteiger partial charge in [-0.1, -0.05) is 0 Å². The van der Waals surface area contributed by atoms with Crippen LogP contribution in [-0.2, 0) is 9.53 Å². The molecule has 114 valence electrons. The molecule has 2 N–H and O–H groups in total. The van der Waals surface area contributed by atoms with Crippen LogP contribution in [0.2, 0.25) is 0 Å². The third-order valence-corrected chi connectivity index (χ3v) is 3.64. The third kappa shape index (κ3) is 5.11. The standard InChI is InChI=1S/C13H17N3O4S/c1-3-20-10(17)6-4-5-9(21-7-14)12(18)11-8(2)15-13(19)16-11/h9H,3-6H2,1-2H3,(H2,15,16,19)/t9-/m0/s1. The Morgan fingerprint density at radius 3 is 2.67 bits per heavy atom. The maximum atomic E-state index is 12.3. The lowest BCUT2D eigenvalue weighted by atomic mass is 10.1.